The van der Waals surface area contributed by atoms with E-state index in [2.05, 4.69) is 5.32 Å². The Bertz CT molecular complexity index is 827. The average molecular weight is 341 g/mol. The van der Waals surface area contributed by atoms with Gasteiger partial charge in [-0.2, -0.15) is 0 Å². The first-order valence-corrected chi connectivity index (χ1v) is 8.22. The lowest BCUT2D eigenvalue weighted by molar-refractivity contribution is 0.0976. The van der Waals surface area contributed by atoms with Gasteiger partial charge in [-0.05, 0) is 30.3 Å². The fourth-order valence-electron chi connectivity index (χ4n) is 2.39. The molecule has 2 aromatic carbocycles. The molecule has 0 saturated carbocycles. The minimum atomic E-state index is -0.377. The summed E-state index contributed by atoms with van der Waals surface area (Å²) in [5, 5.41) is 12.8. The molecule has 0 aliphatic heterocycles. The first kappa shape index (κ1) is 16.1. The third-order valence-corrected chi connectivity index (χ3v) is 4.51. The lowest BCUT2D eigenvalue weighted by Gasteiger charge is -2.17. The number of Topliss-reactive ketones (excluding diaryl/α,β-unsaturated/α-hetero) is 1. The first-order chi connectivity index (χ1) is 11.6. The summed E-state index contributed by atoms with van der Waals surface area (Å²) in [6.45, 7) is 0. The molecule has 0 radical (unpaired) electrons. The maximum Gasteiger partial charge on any atom is 0.213 e. The number of nitrogens with one attached hydrogen (secondary N) is 1. The minimum absolute atomic E-state index is 0.0574. The van der Waals surface area contributed by atoms with E-state index in [4.69, 9.17) is 4.74 Å². The van der Waals surface area contributed by atoms with E-state index < -0.39 is 0 Å². The highest BCUT2D eigenvalue weighted by atomic mass is 32.2. The van der Waals surface area contributed by atoms with Crippen LogP contribution in [0.25, 0.3) is 0 Å². The third kappa shape index (κ3) is 3.14. The highest BCUT2D eigenvalue weighted by molar-refractivity contribution is 7.99. The molecule has 2 N–H and O–H groups in total. The summed E-state index contributed by atoms with van der Waals surface area (Å²) >= 11 is 1.49. The number of phenols is 1. The van der Waals surface area contributed by atoms with Gasteiger partial charge in [-0.25, -0.2) is 0 Å². The molecule has 0 bridgehead atoms. The zero-order valence-electron chi connectivity index (χ0n) is 12.9. The molecule has 0 unspecified atom stereocenters. The van der Waals surface area contributed by atoms with Crippen LogP contribution in [0.15, 0.2) is 59.1 Å². The zero-order valence-corrected chi connectivity index (χ0v) is 13.7. The van der Waals surface area contributed by atoms with Crippen LogP contribution in [-0.4, -0.2) is 29.7 Å². The molecule has 1 aliphatic carbocycles. The van der Waals surface area contributed by atoms with Crippen molar-refractivity contribution in [3.05, 3.63) is 65.4 Å². The molecule has 5 nitrogen and oxygen atoms in total. The molecule has 0 spiro atoms. The van der Waals surface area contributed by atoms with Gasteiger partial charge >= 0.3 is 0 Å². The molecule has 3 rings (SSSR count). The number of thioether (sulfide) groups is 1. The Kier molecular flexibility index (Phi) is 4.57. The molecule has 6 heteroatoms. The number of rotatable bonds is 5. The summed E-state index contributed by atoms with van der Waals surface area (Å²) in [5.74, 6) is 0.340. The van der Waals surface area contributed by atoms with Crippen molar-refractivity contribution in [3.8, 4) is 11.5 Å². The second kappa shape index (κ2) is 6.80. The number of allylic oxidation sites excluding steroid dienone is 2. The summed E-state index contributed by atoms with van der Waals surface area (Å²) in [5.41, 5.74) is 0.477. The highest BCUT2D eigenvalue weighted by Gasteiger charge is 2.28. The van der Waals surface area contributed by atoms with E-state index in [0.29, 0.717) is 5.88 Å². The van der Waals surface area contributed by atoms with Gasteiger partial charge < -0.3 is 15.2 Å². The lowest BCUT2D eigenvalue weighted by Crippen LogP contribution is -2.26. The molecular weight excluding hydrogens is 326 g/mol. The average Bonchev–Trinajstić information content (AvgIpc) is 2.59. The van der Waals surface area contributed by atoms with Crippen molar-refractivity contribution in [2.75, 3.05) is 13.0 Å². The Hall–Kier alpha value is -2.73. The SMILES string of the molecule is COc1ccc(SCNC2=CC(=O)c3cccc(O)c3C2=O)cc1. The Morgan fingerprint density at radius 2 is 1.88 bits per heavy atom. The number of methoxy groups -OCH3 is 1. The molecule has 0 aromatic heterocycles. The summed E-state index contributed by atoms with van der Waals surface area (Å²) in [6, 6.07) is 12.0. The number of ether oxygens (including phenoxy) is 1. The molecule has 0 saturated heterocycles. The third-order valence-electron chi connectivity index (χ3n) is 3.62. The van der Waals surface area contributed by atoms with Gasteiger partial charge in [0.25, 0.3) is 0 Å². The van der Waals surface area contributed by atoms with Crippen LogP contribution in [0.2, 0.25) is 0 Å². The van der Waals surface area contributed by atoms with Crippen LogP contribution in [0.4, 0.5) is 0 Å². The molecule has 0 atom stereocenters. The number of phenolic OH excluding ortho intramolecular Hbond substituents is 1. The molecule has 122 valence electrons. The van der Waals surface area contributed by atoms with Crippen molar-refractivity contribution < 1.29 is 19.4 Å². The molecular formula is C18H15NO4S. The minimum Gasteiger partial charge on any atom is -0.507 e. The normalized spacial score (nSPS) is 13.3. The van der Waals surface area contributed by atoms with E-state index in [1.165, 1.54) is 30.0 Å². The van der Waals surface area contributed by atoms with Crippen LogP contribution in [0.1, 0.15) is 20.7 Å². The second-order valence-corrected chi connectivity index (χ2v) is 6.14. The van der Waals surface area contributed by atoms with Gasteiger partial charge in [0.1, 0.15) is 11.5 Å². The maximum absolute atomic E-state index is 12.4. The molecule has 0 heterocycles. The van der Waals surface area contributed by atoms with E-state index in [-0.39, 0.29) is 34.1 Å². The van der Waals surface area contributed by atoms with Crippen molar-refractivity contribution in [2.24, 2.45) is 0 Å². The van der Waals surface area contributed by atoms with E-state index in [0.717, 1.165) is 10.6 Å². The summed E-state index contributed by atoms with van der Waals surface area (Å²) in [7, 11) is 1.61. The standard InChI is InChI=1S/C18H15NO4S/c1-23-11-5-7-12(8-6-11)24-10-19-14-9-16(21)13-3-2-4-15(20)17(13)18(14)22/h2-9,19-20H,10H2,1H3. The van der Waals surface area contributed by atoms with E-state index in [1.807, 2.05) is 24.3 Å². The Labute approximate surface area is 143 Å². The van der Waals surface area contributed by atoms with Gasteiger partial charge in [0.05, 0.1) is 24.2 Å². The molecule has 24 heavy (non-hydrogen) atoms. The van der Waals surface area contributed by atoms with Crippen LogP contribution >= 0.6 is 11.8 Å². The lowest BCUT2D eigenvalue weighted by atomic mass is 9.92. The van der Waals surface area contributed by atoms with E-state index in [9.17, 15) is 14.7 Å². The number of ketones is 2. The van der Waals surface area contributed by atoms with Crippen molar-refractivity contribution in [3.63, 3.8) is 0 Å². The number of carbonyl (C=O) groups is 2. The Balaban J connectivity index is 1.68. The molecule has 0 fully saturated rings. The van der Waals surface area contributed by atoms with E-state index in [1.54, 1.807) is 13.2 Å². The monoisotopic (exact) mass is 341 g/mol. The predicted molar refractivity (Wildman–Crippen MR) is 91.7 cm³/mol. The predicted octanol–water partition coefficient (Wildman–Crippen LogP) is 3.00. The van der Waals surface area contributed by atoms with Crippen LogP contribution < -0.4 is 10.1 Å². The highest BCUT2D eigenvalue weighted by Crippen LogP contribution is 2.28. The number of benzene rings is 2. The smallest absolute Gasteiger partial charge is 0.213 e. The van der Waals surface area contributed by atoms with Crippen molar-refractivity contribution in [2.45, 2.75) is 4.90 Å². The summed E-state index contributed by atoms with van der Waals surface area (Å²) in [4.78, 5) is 25.5. The van der Waals surface area contributed by atoms with Gasteiger partial charge in [-0.1, -0.05) is 12.1 Å². The summed E-state index contributed by atoms with van der Waals surface area (Å²) < 4.78 is 5.10. The topological polar surface area (TPSA) is 75.6 Å². The van der Waals surface area contributed by atoms with Crippen LogP contribution in [0.5, 0.6) is 11.5 Å². The van der Waals surface area contributed by atoms with Gasteiger partial charge in [0.15, 0.2) is 5.78 Å². The Morgan fingerprint density at radius 1 is 1.12 bits per heavy atom. The molecule has 2 aromatic rings. The number of fused-ring (bicyclic) bond motifs is 1. The number of carbonyl (C=O) groups excluding carboxylic acids is 2. The van der Waals surface area contributed by atoms with E-state index >= 15 is 0 Å². The molecule has 1 aliphatic rings. The second-order valence-electron chi connectivity index (χ2n) is 5.09. The maximum atomic E-state index is 12.4. The van der Waals surface area contributed by atoms with Gasteiger partial charge in [-0.3, -0.25) is 9.59 Å². The van der Waals surface area contributed by atoms with Crippen LogP contribution in [0.3, 0.4) is 0 Å². The van der Waals surface area contributed by atoms with Gasteiger partial charge in [0.2, 0.25) is 5.78 Å². The van der Waals surface area contributed by atoms with Crippen molar-refractivity contribution in [1.29, 1.82) is 0 Å². The fourth-order valence-corrected chi connectivity index (χ4v) is 3.12. The first-order valence-electron chi connectivity index (χ1n) is 7.23. The van der Waals surface area contributed by atoms with Crippen LogP contribution in [0, 0.1) is 0 Å². The van der Waals surface area contributed by atoms with Crippen LogP contribution in [-0.2, 0) is 0 Å². The van der Waals surface area contributed by atoms with Crippen molar-refractivity contribution in [1.82, 2.24) is 5.32 Å². The number of aromatic hydroxyl groups is 1. The Morgan fingerprint density at radius 3 is 2.58 bits per heavy atom. The van der Waals surface area contributed by atoms with Gasteiger partial charge in [0, 0.05) is 16.5 Å². The van der Waals surface area contributed by atoms with Gasteiger partial charge in [-0.15, -0.1) is 11.8 Å². The zero-order chi connectivity index (χ0) is 17.1. The summed E-state index contributed by atoms with van der Waals surface area (Å²) in [6.07, 6.45) is 1.28. The number of hydrogen-bond donors (Lipinski definition) is 2. The number of hydrogen-bond acceptors (Lipinski definition) is 6. The largest absolute Gasteiger partial charge is 0.507 e. The van der Waals surface area contributed by atoms with Crippen molar-refractivity contribution >= 4 is 23.3 Å². The fraction of sp³-hybridized carbons (Fsp3) is 0.111. The quantitative estimate of drug-likeness (QED) is 0.643. The molecule has 0 amide bonds.